The van der Waals surface area contributed by atoms with Crippen LogP contribution >= 0.6 is 11.6 Å². The molecular weight excluding hydrogens is 406 g/mol. The number of nitrogens with zero attached hydrogens (tertiary/aromatic N) is 2. The minimum absolute atomic E-state index is 0.115. The summed E-state index contributed by atoms with van der Waals surface area (Å²) in [5, 5.41) is 2.66. The van der Waals surface area contributed by atoms with Crippen LogP contribution in [0.2, 0.25) is 5.15 Å². The topological polar surface area (TPSA) is 106 Å². The fourth-order valence-corrected chi connectivity index (χ4v) is 4.42. The lowest BCUT2D eigenvalue weighted by Crippen LogP contribution is -2.30. The zero-order valence-corrected chi connectivity index (χ0v) is 16.5. The van der Waals surface area contributed by atoms with Gasteiger partial charge in [0.25, 0.3) is 5.91 Å². The molecule has 1 saturated heterocycles. The molecule has 0 spiro atoms. The highest BCUT2D eigenvalue weighted by atomic mass is 35.5. The number of pyridine rings is 1. The van der Waals surface area contributed by atoms with Gasteiger partial charge in [0.15, 0.2) is 11.3 Å². The van der Waals surface area contributed by atoms with Crippen molar-refractivity contribution in [3.63, 3.8) is 0 Å². The van der Waals surface area contributed by atoms with Crippen LogP contribution in [0.5, 0.6) is 0 Å². The molecule has 3 rings (SSSR count). The van der Waals surface area contributed by atoms with Gasteiger partial charge in [-0.3, -0.25) is 9.10 Å². The van der Waals surface area contributed by atoms with Gasteiger partial charge in [-0.2, -0.15) is 0 Å². The number of sulfonamides is 1. The first-order valence-electron chi connectivity index (χ1n) is 8.51. The summed E-state index contributed by atoms with van der Waals surface area (Å²) in [6, 6.07) is 9.20. The van der Waals surface area contributed by atoms with E-state index in [0.29, 0.717) is 24.3 Å². The summed E-state index contributed by atoms with van der Waals surface area (Å²) in [7, 11) is -3.29. The van der Waals surface area contributed by atoms with Gasteiger partial charge in [-0.15, -0.1) is 0 Å². The van der Waals surface area contributed by atoms with Gasteiger partial charge in [0.05, 0.1) is 22.7 Å². The van der Waals surface area contributed by atoms with Crippen molar-refractivity contribution in [1.82, 2.24) is 4.98 Å². The summed E-state index contributed by atoms with van der Waals surface area (Å²) in [4.78, 5) is 28.3. The smallest absolute Gasteiger partial charge is 0.338 e. The molecule has 148 valence electrons. The van der Waals surface area contributed by atoms with E-state index in [-0.39, 0.29) is 16.5 Å². The second kappa shape index (κ2) is 8.15. The number of rotatable bonds is 5. The predicted molar refractivity (Wildman–Crippen MR) is 105 cm³/mol. The van der Waals surface area contributed by atoms with E-state index in [1.54, 1.807) is 24.3 Å². The van der Waals surface area contributed by atoms with Crippen LogP contribution in [0.4, 0.5) is 11.4 Å². The molecule has 0 saturated carbocycles. The highest BCUT2D eigenvalue weighted by Crippen LogP contribution is 2.24. The number of nitrogens with one attached hydrogen (secondary N) is 1. The minimum Gasteiger partial charge on any atom is -0.449 e. The van der Waals surface area contributed by atoms with E-state index in [9.17, 15) is 18.0 Å². The number of aromatic nitrogens is 1. The Morgan fingerprint density at radius 3 is 2.57 bits per heavy atom. The molecule has 10 heteroatoms. The number of anilines is 2. The maximum Gasteiger partial charge on any atom is 0.338 e. The summed E-state index contributed by atoms with van der Waals surface area (Å²) >= 11 is 5.88. The maximum atomic E-state index is 12.3. The Balaban J connectivity index is 1.62. The van der Waals surface area contributed by atoms with Gasteiger partial charge in [-0.25, -0.2) is 18.2 Å². The molecule has 1 aliphatic rings. The lowest BCUT2D eigenvalue weighted by Gasteiger charge is -2.17. The van der Waals surface area contributed by atoms with E-state index in [4.69, 9.17) is 16.3 Å². The molecule has 1 fully saturated rings. The number of carbonyl (C=O) groups is 2. The number of amides is 1. The Hall–Kier alpha value is -2.65. The molecule has 0 aliphatic carbocycles. The largest absolute Gasteiger partial charge is 0.449 e. The molecule has 0 radical (unpaired) electrons. The molecule has 1 aromatic carbocycles. The van der Waals surface area contributed by atoms with Crippen molar-refractivity contribution >= 4 is 44.9 Å². The molecule has 1 amide bonds. The molecule has 0 bridgehead atoms. The van der Waals surface area contributed by atoms with Crippen molar-refractivity contribution in [3.8, 4) is 0 Å². The van der Waals surface area contributed by atoms with E-state index in [1.807, 2.05) is 0 Å². The standard InChI is InChI=1S/C18H18ClN3O5S/c1-12(17(23)21-15-4-2-9-20-16(15)19)27-18(24)13-5-7-14(8-6-13)22-10-3-11-28(22,25)26/h2,4-9,12H,3,10-11H2,1H3,(H,21,23). The molecule has 8 nitrogen and oxygen atoms in total. The fourth-order valence-electron chi connectivity index (χ4n) is 2.69. The minimum atomic E-state index is -3.29. The SMILES string of the molecule is CC(OC(=O)c1ccc(N2CCCS2(=O)=O)cc1)C(=O)Nc1cccnc1Cl. The Bertz CT molecular complexity index is 995. The van der Waals surface area contributed by atoms with Crippen molar-refractivity contribution < 1.29 is 22.7 Å². The predicted octanol–water partition coefficient (Wildman–Crippen LogP) is 2.46. The van der Waals surface area contributed by atoms with Crippen LogP contribution in [0.15, 0.2) is 42.6 Å². The van der Waals surface area contributed by atoms with Crippen molar-refractivity contribution in [2.45, 2.75) is 19.4 Å². The number of hydrogen-bond acceptors (Lipinski definition) is 6. The van der Waals surface area contributed by atoms with Crippen molar-refractivity contribution in [2.24, 2.45) is 0 Å². The third-order valence-corrected chi connectivity index (χ3v) is 6.33. The zero-order valence-electron chi connectivity index (χ0n) is 15.0. The van der Waals surface area contributed by atoms with Gasteiger partial charge < -0.3 is 10.1 Å². The molecule has 1 atom stereocenters. The van der Waals surface area contributed by atoms with Crippen LogP contribution in [-0.4, -0.2) is 43.7 Å². The number of ether oxygens (including phenoxy) is 1. The molecule has 1 aliphatic heterocycles. The number of hydrogen-bond donors (Lipinski definition) is 1. The molecule has 1 N–H and O–H groups in total. The van der Waals surface area contributed by atoms with Crippen molar-refractivity contribution in [1.29, 1.82) is 0 Å². The van der Waals surface area contributed by atoms with Crippen LogP contribution in [0.1, 0.15) is 23.7 Å². The average Bonchev–Trinajstić information content (AvgIpc) is 3.02. The van der Waals surface area contributed by atoms with Gasteiger partial charge in [-0.1, -0.05) is 11.6 Å². The highest BCUT2D eigenvalue weighted by molar-refractivity contribution is 7.93. The third-order valence-electron chi connectivity index (χ3n) is 4.16. The van der Waals surface area contributed by atoms with Crippen molar-refractivity contribution in [2.75, 3.05) is 21.9 Å². The van der Waals surface area contributed by atoms with Crippen molar-refractivity contribution in [3.05, 3.63) is 53.3 Å². The van der Waals surface area contributed by atoms with Crippen LogP contribution in [0.25, 0.3) is 0 Å². The Kier molecular flexibility index (Phi) is 5.85. The Morgan fingerprint density at radius 2 is 1.96 bits per heavy atom. The van der Waals surface area contributed by atoms with Crippen LogP contribution in [-0.2, 0) is 19.6 Å². The number of halogens is 1. The van der Waals surface area contributed by atoms with E-state index in [1.165, 1.54) is 29.6 Å². The molecule has 2 aromatic rings. The maximum absolute atomic E-state index is 12.3. The quantitative estimate of drug-likeness (QED) is 0.585. The van der Waals surface area contributed by atoms with Crippen LogP contribution < -0.4 is 9.62 Å². The van der Waals surface area contributed by atoms with E-state index in [0.717, 1.165) is 0 Å². The van der Waals surface area contributed by atoms with Crippen LogP contribution in [0, 0.1) is 0 Å². The Labute approximate surface area is 167 Å². The van der Waals surface area contributed by atoms with Gasteiger partial charge in [0.2, 0.25) is 10.0 Å². The first kappa shape index (κ1) is 20.1. The van der Waals surface area contributed by atoms with E-state index >= 15 is 0 Å². The lowest BCUT2D eigenvalue weighted by molar-refractivity contribution is -0.123. The van der Waals surface area contributed by atoms with Gasteiger partial charge in [0.1, 0.15) is 0 Å². The number of esters is 1. The summed E-state index contributed by atoms with van der Waals surface area (Å²) in [5.41, 5.74) is 1.01. The normalized spacial score (nSPS) is 16.4. The average molecular weight is 424 g/mol. The van der Waals surface area contributed by atoms with E-state index in [2.05, 4.69) is 10.3 Å². The number of carbonyl (C=O) groups excluding carboxylic acids is 2. The summed E-state index contributed by atoms with van der Waals surface area (Å²) in [5.74, 6) is -1.14. The zero-order chi connectivity index (χ0) is 20.3. The lowest BCUT2D eigenvalue weighted by atomic mass is 10.2. The summed E-state index contributed by atoms with van der Waals surface area (Å²) in [6.07, 6.45) is 0.987. The van der Waals surface area contributed by atoms with E-state index < -0.39 is 28.0 Å². The summed E-state index contributed by atoms with van der Waals surface area (Å²) < 4.78 is 30.4. The highest BCUT2D eigenvalue weighted by Gasteiger charge is 2.28. The fraction of sp³-hybridized carbons (Fsp3) is 0.278. The van der Waals surface area contributed by atoms with Crippen LogP contribution in [0.3, 0.4) is 0 Å². The summed E-state index contributed by atoms with van der Waals surface area (Å²) in [6.45, 7) is 1.85. The molecule has 28 heavy (non-hydrogen) atoms. The van der Waals surface area contributed by atoms with Gasteiger partial charge in [-0.05, 0) is 49.7 Å². The monoisotopic (exact) mass is 423 g/mol. The number of benzene rings is 1. The van der Waals surface area contributed by atoms with Gasteiger partial charge >= 0.3 is 5.97 Å². The first-order valence-corrected chi connectivity index (χ1v) is 10.5. The molecular formula is C18H18ClN3O5S. The molecule has 2 heterocycles. The Morgan fingerprint density at radius 1 is 1.25 bits per heavy atom. The second-order valence-electron chi connectivity index (χ2n) is 6.17. The third kappa shape index (κ3) is 4.42. The molecule has 1 unspecified atom stereocenters. The first-order chi connectivity index (χ1) is 13.3. The second-order valence-corrected chi connectivity index (χ2v) is 8.54. The molecule has 1 aromatic heterocycles. The van der Waals surface area contributed by atoms with Gasteiger partial charge in [0, 0.05) is 12.7 Å².